The molecule has 1 aromatic rings. The highest BCUT2D eigenvalue weighted by molar-refractivity contribution is 6.30. The van der Waals surface area contributed by atoms with Crippen LogP contribution in [0.3, 0.4) is 0 Å². The average molecular weight is 198 g/mol. The highest BCUT2D eigenvalue weighted by Gasteiger charge is 2.00. The van der Waals surface area contributed by atoms with E-state index in [1.54, 1.807) is 18.3 Å². The van der Waals surface area contributed by atoms with Crippen molar-refractivity contribution in [2.75, 3.05) is 6.61 Å². The Morgan fingerprint density at radius 3 is 3.08 bits per heavy atom. The fourth-order valence-corrected chi connectivity index (χ4v) is 0.935. The van der Waals surface area contributed by atoms with Gasteiger partial charge in [-0.15, -0.1) is 0 Å². The van der Waals surface area contributed by atoms with E-state index in [4.69, 9.17) is 16.3 Å². The van der Waals surface area contributed by atoms with Crippen LogP contribution in [0.1, 0.15) is 13.3 Å². The van der Waals surface area contributed by atoms with Gasteiger partial charge < -0.3 is 4.74 Å². The third-order valence-corrected chi connectivity index (χ3v) is 1.94. The first-order valence-electron chi connectivity index (χ1n) is 4.14. The summed E-state index contributed by atoms with van der Waals surface area (Å²) in [5.74, 6) is 0.610. The Bertz CT molecular complexity index is 299. The van der Waals surface area contributed by atoms with Gasteiger partial charge in [0.2, 0.25) is 0 Å². The molecule has 0 aliphatic carbocycles. The van der Waals surface area contributed by atoms with E-state index >= 15 is 0 Å². The van der Waals surface area contributed by atoms with Crippen molar-refractivity contribution in [2.45, 2.75) is 13.3 Å². The summed E-state index contributed by atoms with van der Waals surface area (Å²) < 4.78 is 5.40. The minimum absolute atomic E-state index is 0.395. The lowest BCUT2D eigenvalue weighted by Gasteiger charge is -2.07. The molecule has 0 aliphatic heterocycles. The van der Waals surface area contributed by atoms with Crippen molar-refractivity contribution in [3.63, 3.8) is 0 Å². The van der Waals surface area contributed by atoms with Crippen LogP contribution in [0.5, 0.6) is 5.75 Å². The number of rotatable bonds is 4. The maximum Gasteiger partial charge on any atom is 0.171 e. The number of aromatic nitrogens is 1. The van der Waals surface area contributed by atoms with Crippen molar-refractivity contribution in [2.24, 2.45) is 0 Å². The smallest absolute Gasteiger partial charge is 0.171 e. The van der Waals surface area contributed by atoms with Gasteiger partial charge in [-0.2, -0.15) is 0 Å². The molecule has 0 saturated carbocycles. The fraction of sp³-hybridized carbons (Fsp3) is 0.300. The molecule has 0 fully saturated rings. The molecule has 0 amide bonds. The van der Waals surface area contributed by atoms with Gasteiger partial charge in [-0.05, 0) is 24.1 Å². The predicted octanol–water partition coefficient (Wildman–Crippen LogP) is 3.08. The molecule has 0 bridgehead atoms. The molecule has 1 rings (SSSR count). The van der Waals surface area contributed by atoms with Crippen LogP contribution in [0.15, 0.2) is 30.5 Å². The standard InChI is InChI=1S/C10H12ClNO/c1-3-8(2)7-13-9-5-4-6-12-10(9)11/h4-6H,2-3,7H2,1H3. The maximum atomic E-state index is 5.79. The van der Waals surface area contributed by atoms with Crippen LogP contribution in [0.2, 0.25) is 5.15 Å². The van der Waals surface area contributed by atoms with Gasteiger partial charge in [-0.25, -0.2) is 4.98 Å². The molecule has 70 valence electrons. The fourth-order valence-electron chi connectivity index (χ4n) is 0.761. The van der Waals surface area contributed by atoms with Gasteiger partial charge in [0.1, 0.15) is 6.61 Å². The first kappa shape index (κ1) is 10.1. The Morgan fingerprint density at radius 2 is 2.46 bits per heavy atom. The molecule has 0 N–H and O–H groups in total. The van der Waals surface area contributed by atoms with Crippen LogP contribution in [0.25, 0.3) is 0 Å². The zero-order valence-corrected chi connectivity index (χ0v) is 8.34. The molecule has 0 spiro atoms. The van der Waals surface area contributed by atoms with Crippen LogP contribution in [-0.4, -0.2) is 11.6 Å². The lowest BCUT2D eigenvalue weighted by Crippen LogP contribution is -2.00. The molecule has 13 heavy (non-hydrogen) atoms. The highest BCUT2D eigenvalue weighted by Crippen LogP contribution is 2.20. The van der Waals surface area contributed by atoms with Gasteiger partial charge in [-0.1, -0.05) is 25.1 Å². The summed E-state index contributed by atoms with van der Waals surface area (Å²) >= 11 is 5.79. The van der Waals surface area contributed by atoms with Crippen molar-refractivity contribution in [3.05, 3.63) is 35.6 Å². The molecule has 0 radical (unpaired) electrons. The average Bonchev–Trinajstić information content (AvgIpc) is 2.16. The number of pyridine rings is 1. The second kappa shape index (κ2) is 4.87. The van der Waals surface area contributed by atoms with Gasteiger partial charge in [-0.3, -0.25) is 0 Å². The highest BCUT2D eigenvalue weighted by atomic mass is 35.5. The molecule has 1 aromatic heterocycles. The summed E-state index contributed by atoms with van der Waals surface area (Å²) in [5, 5.41) is 0.395. The van der Waals surface area contributed by atoms with Gasteiger partial charge in [0.15, 0.2) is 10.9 Å². The van der Waals surface area contributed by atoms with Crippen LogP contribution in [0.4, 0.5) is 0 Å². The minimum atomic E-state index is 0.395. The molecule has 0 unspecified atom stereocenters. The summed E-state index contributed by atoms with van der Waals surface area (Å²) in [6, 6.07) is 3.58. The monoisotopic (exact) mass is 197 g/mol. The molecule has 1 heterocycles. The van der Waals surface area contributed by atoms with Gasteiger partial charge >= 0.3 is 0 Å². The van der Waals surface area contributed by atoms with E-state index in [1.807, 2.05) is 6.92 Å². The summed E-state index contributed by atoms with van der Waals surface area (Å²) in [4.78, 5) is 3.89. The maximum absolute atomic E-state index is 5.79. The van der Waals surface area contributed by atoms with Crippen molar-refractivity contribution in [3.8, 4) is 5.75 Å². The number of hydrogen-bond donors (Lipinski definition) is 0. The molecular weight excluding hydrogens is 186 g/mol. The van der Waals surface area contributed by atoms with Crippen molar-refractivity contribution in [1.82, 2.24) is 4.98 Å². The minimum Gasteiger partial charge on any atom is -0.486 e. The summed E-state index contributed by atoms with van der Waals surface area (Å²) in [7, 11) is 0. The topological polar surface area (TPSA) is 22.1 Å². The van der Waals surface area contributed by atoms with Gasteiger partial charge in [0.05, 0.1) is 0 Å². The molecule has 0 aromatic carbocycles. The lowest BCUT2D eigenvalue weighted by molar-refractivity contribution is 0.348. The number of halogens is 1. The summed E-state index contributed by atoms with van der Waals surface area (Å²) in [6.07, 6.45) is 2.54. The Morgan fingerprint density at radius 1 is 1.69 bits per heavy atom. The zero-order chi connectivity index (χ0) is 9.68. The van der Waals surface area contributed by atoms with E-state index in [-0.39, 0.29) is 0 Å². The molecular formula is C10H12ClNO. The van der Waals surface area contributed by atoms with Crippen molar-refractivity contribution < 1.29 is 4.74 Å². The Labute approximate surface area is 83.2 Å². The Kier molecular flexibility index (Phi) is 3.77. The Hall–Kier alpha value is -1.02. The normalized spacial score (nSPS) is 9.69. The SMILES string of the molecule is C=C(CC)COc1cccnc1Cl. The molecule has 0 saturated heterocycles. The van der Waals surface area contributed by atoms with Crippen LogP contribution in [-0.2, 0) is 0 Å². The predicted molar refractivity (Wildman–Crippen MR) is 54.2 cm³/mol. The summed E-state index contributed by atoms with van der Waals surface area (Å²) in [5.41, 5.74) is 1.04. The van der Waals surface area contributed by atoms with Crippen molar-refractivity contribution in [1.29, 1.82) is 0 Å². The third kappa shape index (κ3) is 3.07. The largest absolute Gasteiger partial charge is 0.486 e. The van der Waals surface area contributed by atoms with E-state index in [0.29, 0.717) is 17.5 Å². The number of nitrogens with zero attached hydrogens (tertiary/aromatic N) is 1. The molecule has 0 atom stereocenters. The number of hydrogen-bond acceptors (Lipinski definition) is 2. The van der Waals surface area contributed by atoms with E-state index in [2.05, 4.69) is 11.6 Å². The van der Waals surface area contributed by atoms with Crippen LogP contribution < -0.4 is 4.74 Å². The van der Waals surface area contributed by atoms with E-state index in [9.17, 15) is 0 Å². The third-order valence-electron chi connectivity index (χ3n) is 1.66. The van der Waals surface area contributed by atoms with Crippen LogP contribution in [0, 0.1) is 0 Å². The van der Waals surface area contributed by atoms with Crippen LogP contribution >= 0.6 is 11.6 Å². The first-order chi connectivity index (χ1) is 6.24. The van der Waals surface area contributed by atoms with Gasteiger partial charge in [0, 0.05) is 6.20 Å². The van der Waals surface area contributed by atoms with E-state index in [0.717, 1.165) is 12.0 Å². The quantitative estimate of drug-likeness (QED) is 0.547. The second-order valence-corrected chi connectivity index (χ2v) is 3.04. The molecule has 0 aliphatic rings. The van der Waals surface area contributed by atoms with Gasteiger partial charge in [0.25, 0.3) is 0 Å². The number of ether oxygens (including phenoxy) is 1. The summed E-state index contributed by atoms with van der Waals surface area (Å²) in [6.45, 7) is 6.37. The lowest BCUT2D eigenvalue weighted by atomic mass is 10.2. The zero-order valence-electron chi connectivity index (χ0n) is 7.59. The molecule has 3 heteroatoms. The van der Waals surface area contributed by atoms with E-state index < -0.39 is 0 Å². The second-order valence-electron chi connectivity index (χ2n) is 2.68. The molecule has 2 nitrogen and oxygen atoms in total. The van der Waals surface area contributed by atoms with E-state index in [1.165, 1.54) is 0 Å². The Balaban J connectivity index is 2.54. The van der Waals surface area contributed by atoms with Crippen molar-refractivity contribution >= 4 is 11.6 Å². The first-order valence-corrected chi connectivity index (χ1v) is 4.51.